The van der Waals surface area contributed by atoms with Crippen LogP contribution in [0.1, 0.15) is 29.6 Å². The molecule has 0 aromatic heterocycles. The van der Waals surface area contributed by atoms with E-state index < -0.39 is 0 Å². The van der Waals surface area contributed by atoms with Gasteiger partial charge < -0.3 is 20.3 Å². The van der Waals surface area contributed by atoms with Gasteiger partial charge in [-0.2, -0.15) is 0 Å². The predicted octanol–water partition coefficient (Wildman–Crippen LogP) is 1.49. The molecule has 1 saturated carbocycles. The molecule has 1 aliphatic carbocycles. The van der Waals surface area contributed by atoms with Gasteiger partial charge >= 0.3 is 0 Å². The Bertz CT molecular complexity index is 664. The third kappa shape index (κ3) is 3.28. The lowest BCUT2D eigenvalue weighted by atomic mass is 9.91. The van der Waals surface area contributed by atoms with E-state index in [0.717, 1.165) is 32.4 Å². The van der Waals surface area contributed by atoms with Crippen molar-refractivity contribution >= 4 is 17.5 Å². The Labute approximate surface area is 147 Å². The van der Waals surface area contributed by atoms with Crippen LogP contribution in [0.25, 0.3) is 0 Å². The highest BCUT2D eigenvalue weighted by molar-refractivity contribution is 6.04. The lowest BCUT2D eigenvalue weighted by Crippen LogP contribution is -2.41. The number of benzene rings is 1. The highest BCUT2D eigenvalue weighted by Crippen LogP contribution is 2.58. The maximum atomic E-state index is 12.8. The third-order valence-electron chi connectivity index (χ3n) is 5.82. The molecular formula is C19H25N3O3. The van der Waals surface area contributed by atoms with E-state index >= 15 is 0 Å². The van der Waals surface area contributed by atoms with Gasteiger partial charge in [0, 0.05) is 19.0 Å². The second-order valence-electron chi connectivity index (χ2n) is 7.31. The number of nitrogens with one attached hydrogen (secondary N) is 2. The molecule has 6 heteroatoms. The number of anilines is 1. The first kappa shape index (κ1) is 16.5. The summed E-state index contributed by atoms with van der Waals surface area (Å²) in [5.41, 5.74) is 1.39. The van der Waals surface area contributed by atoms with E-state index in [0.29, 0.717) is 37.6 Å². The normalized spacial score (nSPS) is 24.8. The molecule has 3 aliphatic rings. The molecule has 2 heterocycles. The molecule has 1 aromatic rings. The van der Waals surface area contributed by atoms with Crippen molar-refractivity contribution < 1.29 is 14.3 Å². The van der Waals surface area contributed by atoms with Crippen molar-refractivity contribution in [2.24, 2.45) is 11.3 Å². The molecule has 1 aromatic carbocycles. The summed E-state index contributed by atoms with van der Waals surface area (Å²) in [6.45, 7) is 4.32. The van der Waals surface area contributed by atoms with E-state index in [1.54, 1.807) is 11.0 Å². The van der Waals surface area contributed by atoms with Crippen LogP contribution in [0.2, 0.25) is 0 Å². The van der Waals surface area contributed by atoms with Gasteiger partial charge in [-0.3, -0.25) is 9.59 Å². The molecule has 1 spiro atoms. The SMILES string of the molecule is O=C(Nc1ccccc1C(=O)N1CCOCC1)C1CC12CCNCC2. The third-order valence-corrected chi connectivity index (χ3v) is 5.82. The number of carbonyl (C=O) groups is 2. The first-order chi connectivity index (χ1) is 12.2. The zero-order valence-electron chi connectivity index (χ0n) is 14.4. The summed E-state index contributed by atoms with van der Waals surface area (Å²) in [4.78, 5) is 27.3. The Hall–Kier alpha value is -1.92. The van der Waals surface area contributed by atoms with Gasteiger partial charge in [0.15, 0.2) is 0 Å². The molecule has 25 heavy (non-hydrogen) atoms. The van der Waals surface area contributed by atoms with Gasteiger partial charge in [0.2, 0.25) is 5.91 Å². The summed E-state index contributed by atoms with van der Waals surface area (Å²) < 4.78 is 5.32. The van der Waals surface area contributed by atoms with Crippen LogP contribution in [-0.2, 0) is 9.53 Å². The standard InChI is InChI=1S/C19H25N3O3/c23-17(15-13-19(15)5-7-20-8-6-19)21-16-4-2-1-3-14(16)18(24)22-9-11-25-12-10-22/h1-4,15,20H,5-13H2,(H,21,23). The van der Waals surface area contributed by atoms with Gasteiger partial charge in [-0.1, -0.05) is 12.1 Å². The van der Waals surface area contributed by atoms with Crippen LogP contribution in [0, 0.1) is 11.3 Å². The highest BCUT2D eigenvalue weighted by Gasteiger charge is 2.57. The van der Waals surface area contributed by atoms with Crippen LogP contribution < -0.4 is 10.6 Å². The number of carbonyl (C=O) groups excluding carboxylic acids is 2. The minimum absolute atomic E-state index is 0.0356. The molecule has 0 bridgehead atoms. The summed E-state index contributed by atoms with van der Waals surface area (Å²) in [7, 11) is 0. The molecule has 2 aliphatic heterocycles. The number of hydrogen-bond acceptors (Lipinski definition) is 4. The second-order valence-corrected chi connectivity index (χ2v) is 7.31. The van der Waals surface area contributed by atoms with Gasteiger partial charge in [0.05, 0.1) is 24.5 Å². The molecule has 2 amide bonds. The Morgan fingerprint density at radius 3 is 2.64 bits per heavy atom. The molecule has 2 N–H and O–H groups in total. The first-order valence-corrected chi connectivity index (χ1v) is 9.17. The molecule has 1 atom stereocenters. The number of piperidine rings is 1. The van der Waals surface area contributed by atoms with E-state index in [-0.39, 0.29) is 23.1 Å². The molecule has 6 nitrogen and oxygen atoms in total. The smallest absolute Gasteiger partial charge is 0.256 e. The summed E-state index contributed by atoms with van der Waals surface area (Å²) >= 11 is 0. The van der Waals surface area contributed by atoms with Gasteiger partial charge in [0.25, 0.3) is 5.91 Å². The van der Waals surface area contributed by atoms with Crippen molar-refractivity contribution in [3.63, 3.8) is 0 Å². The number of ether oxygens (including phenoxy) is 1. The molecule has 4 rings (SSSR count). The predicted molar refractivity (Wildman–Crippen MR) is 94.4 cm³/mol. The highest BCUT2D eigenvalue weighted by atomic mass is 16.5. The maximum Gasteiger partial charge on any atom is 0.256 e. The summed E-state index contributed by atoms with van der Waals surface area (Å²) in [5.74, 6) is 0.108. The van der Waals surface area contributed by atoms with Crippen molar-refractivity contribution in [1.29, 1.82) is 0 Å². The van der Waals surface area contributed by atoms with Crippen LogP contribution in [0.5, 0.6) is 0 Å². The van der Waals surface area contributed by atoms with Crippen LogP contribution in [0.3, 0.4) is 0 Å². The Kier molecular flexibility index (Phi) is 4.48. The molecule has 2 saturated heterocycles. The number of amides is 2. The minimum atomic E-state index is -0.0356. The molecule has 0 radical (unpaired) electrons. The monoisotopic (exact) mass is 343 g/mol. The second kappa shape index (κ2) is 6.77. The quantitative estimate of drug-likeness (QED) is 0.872. The average Bonchev–Trinajstić information content (AvgIpc) is 3.36. The zero-order valence-corrected chi connectivity index (χ0v) is 14.4. The van der Waals surface area contributed by atoms with Gasteiger partial charge in [-0.25, -0.2) is 0 Å². The number of para-hydroxylation sites is 1. The van der Waals surface area contributed by atoms with Crippen LogP contribution >= 0.6 is 0 Å². The van der Waals surface area contributed by atoms with Gasteiger partial charge in [-0.15, -0.1) is 0 Å². The zero-order chi connectivity index (χ0) is 17.3. The molecule has 1 unspecified atom stereocenters. The van der Waals surface area contributed by atoms with Gasteiger partial charge in [-0.05, 0) is 49.9 Å². The Morgan fingerprint density at radius 2 is 1.88 bits per heavy atom. The number of hydrogen-bond donors (Lipinski definition) is 2. The van der Waals surface area contributed by atoms with E-state index in [9.17, 15) is 9.59 Å². The van der Waals surface area contributed by atoms with E-state index in [1.807, 2.05) is 18.2 Å². The fourth-order valence-corrected chi connectivity index (χ4v) is 4.13. The lowest BCUT2D eigenvalue weighted by molar-refractivity contribution is -0.118. The molecular weight excluding hydrogens is 318 g/mol. The van der Waals surface area contributed by atoms with E-state index in [2.05, 4.69) is 10.6 Å². The van der Waals surface area contributed by atoms with Crippen molar-refractivity contribution in [2.75, 3.05) is 44.7 Å². The topological polar surface area (TPSA) is 70.7 Å². The van der Waals surface area contributed by atoms with Crippen LogP contribution in [-0.4, -0.2) is 56.1 Å². The van der Waals surface area contributed by atoms with Crippen molar-refractivity contribution in [2.45, 2.75) is 19.3 Å². The summed E-state index contributed by atoms with van der Waals surface area (Å²) in [6, 6.07) is 7.32. The summed E-state index contributed by atoms with van der Waals surface area (Å²) in [5, 5.41) is 6.38. The maximum absolute atomic E-state index is 12.8. The van der Waals surface area contributed by atoms with Crippen LogP contribution in [0.4, 0.5) is 5.69 Å². The first-order valence-electron chi connectivity index (χ1n) is 9.17. The van der Waals surface area contributed by atoms with Crippen molar-refractivity contribution in [3.05, 3.63) is 29.8 Å². The van der Waals surface area contributed by atoms with Crippen molar-refractivity contribution in [1.82, 2.24) is 10.2 Å². The lowest BCUT2D eigenvalue weighted by Gasteiger charge is -2.27. The largest absolute Gasteiger partial charge is 0.378 e. The van der Waals surface area contributed by atoms with Gasteiger partial charge in [0.1, 0.15) is 0 Å². The number of morpholine rings is 1. The fraction of sp³-hybridized carbons (Fsp3) is 0.579. The van der Waals surface area contributed by atoms with E-state index in [1.165, 1.54) is 0 Å². The minimum Gasteiger partial charge on any atom is -0.378 e. The number of rotatable bonds is 3. The number of nitrogens with zero attached hydrogens (tertiary/aromatic N) is 1. The molecule has 3 fully saturated rings. The Balaban J connectivity index is 1.46. The summed E-state index contributed by atoms with van der Waals surface area (Å²) in [6.07, 6.45) is 3.11. The van der Waals surface area contributed by atoms with Crippen molar-refractivity contribution in [3.8, 4) is 0 Å². The Morgan fingerprint density at radius 1 is 1.16 bits per heavy atom. The molecule has 134 valence electrons. The van der Waals surface area contributed by atoms with E-state index in [4.69, 9.17) is 4.74 Å². The average molecular weight is 343 g/mol. The fourth-order valence-electron chi connectivity index (χ4n) is 4.13. The van der Waals surface area contributed by atoms with Crippen LogP contribution in [0.15, 0.2) is 24.3 Å².